The number of aromatic nitrogens is 4. The molecule has 0 atom stereocenters. The lowest BCUT2D eigenvalue weighted by atomic mass is 10.1. The van der Waals surface area contributed by atoms with E-state index in [-0.39, 0.29) is 0 Å². The number of fused-ring (bicyclic) bond motifs is 3. The second kappa shape index (κ2) is 5.60. The van der Waals surface area contributed by atoms with Crippen molar-refractivity contribution in [2.75, 3.05) is 0 Å². The number of pyridine rings is 1. The number of rotatable bonds is 2. The topological polar surface area (TPSA) is 33.5 Å². The van der Waals surface area contributed by atoms with E-state index >= 15 is 0 Å². The van der Waals surface area contributed by atoms with E-state index in [0.717, 1.165) is 17.9 Å². The molecule has 118 valence electrons. The van der Waals surface area contributed by atoms with Gasteiger partial charge in [-0.15, -0.1) is 4.57 Å². The third-order valence-corrected chi connectivity index (χ3v) is 4.62. The second-order valence-corrected chi connectivity index (χ2v) is 6.17. The summed E-state index contributed by atoms with van der Waals surface area (Å²) in [6.07, 6.45) is 8.38. The number of nitrogens with zero attached hydrogens (tertiary/aromatic N) is 4. The SMILES string of the molecule is c1ccc(-[n+]2cnc[n+](-c3ccc4c(c3)-c3ccccc3C4)c2)nc1. The highest BCUT2D eigenvalue weighted by Crippen LogP contribution is 2.36. The molecule has 4 aromatic rings. The van der Waals surface area contributed by atoms with Crippen molar-refractivity contribution in [1.82, 2.24) is 9.97 Å². The molecule has 1 aliphatic carbocycles. The summed E-state index contributed by atoms with van der Waals surface area (Å²) in [6, 6.07) is 21.1. The number of hydrogen-bond acceptors (Lipinski definition) is 2. The maximum Gasteiger partial charge on any atom is 0.333 e. The Morgan fingerprint density at radius 1 is 0.760 bits per heavy atom. The molecule has 5 rings (SSSR count). The van der Waals surface area contributed by atoms with E-state index in [1.165, 1.54) is 22.3 Å². The van der Waals surface area contributed by atoms with Gasteiger partial charge in [0.1, 0.15) is 11.9 Å². The Kier molecular flexibility index (Phi) is 3.13. The highest BCUT2D eigenvalue weighted by molar-refractivity contribution is 5.77. The minimum absolute atomic E-state index is 0.843. The van der Waals surface area contributed by atoms with E-state index < -0.39 is 0 Å². The van der Waals surface area contributed by atoms with E-state index in [4.69, 9.17) is 0 Å². The summed E-state index contributed by atoms with van der Waals surface area (Å²) < 4.78 is 3.94. The smallest absolute Gasteiger partial charge is 0.167 e. The first kappa shape index (κ1) is 14.0. The number of benzene rings is 2. The van der Waals surface area contributed by atoms with Gasteiger partial charge in [0.05, 0.1) is 0 Å². The third kappa shape index (κ3) is 2.39. The highest BCUT2D eigenvalue weighted by atomic mass is 15.2. The molecule has 0 spiro atoms. The molecule has 0 N–H and O–H groups in total. The van der Waals surface area contributed by atoms with Gasteiger partial charge in [-0.1, -0.05) is 36.4 Å². The van der Waals surface area contributed by atoms with E-state index in [2.05, 4.69) is 52.4 Å². The van der Waals surface area contributed by atoms with Crippen LogP contribution in [0.1, 0.15) is 11.1 Å². The summed E-state index contributed by atoms with van der Waals surface area (Å²) in [5, 5.41) is 0. The fourth-order valence-corrected chi connectivity index (χ4v) is 3.40. The van der Waals surface area contributed by atoms with Crippen LogP contribution in [0.2, 0.25) is 0 Å². The van der Waals surface area contributed by atoms with Crippen LogP contribution in [0.15, 0.2) is 85.8 Å². The molecule has 2 heterocycles. The Balaban J connectivity index is 1.60. The molecule has 0 radical (unpaired) electrons. The van der Waals surface area contributed by atoms with Gasteiger partial charge in [0, 0.05) is 6.07 Å². The lowest BCUT2D eigenvalue weighted by molar-refractivity contribution is -0.742. The van der Waals surface area contributed by atoms with Gasteiger partial charge in [-0.2, -0.15) is 4.57 Å². The van der Waals surface area contributed by atoms with Gasteiger partial charge in [-0.3, -0.25) is 0 Å². The predicted molar refractivity (Wildman–Crippen MR) is 93.3 cm³/mol. The zero-order valence-electron chi connectivity index (χ0n) is 13.6. The van der Waals surface area contributed by atoms with Crippen LogP contribution in [0.3, 0.4) is 0 Å². The van der Waals surface area contributed by atoms with E-state index in [1.807, 2.05) is 40.0 Å². The molecule has 1 aliphatic rings. The molecule has 0 aliphatic heterocycles. The van der Waals surface area contributed by atoms with Crippen molar-refractivity contribution in [3.63, 3.8) is 0 Å². The van der Waals surface area contributed by atoms with Crippen LogP contribution in [0.25, 0.3) is 22.6 Å². The molecule has 0 bridgehead atoms. The van der Waals surface area contributed by atoms with Crippen molar-refractivity contribution >= 4 is 0 Å². The Labute approximate surface area is 145 Å². The van der Waals surface area contributed by atoms with Crippen LogP contribution in [0.5, 0.6) is 0 Å². The summed E-state index contributed by atoms with van der Waals surface area (Å²) in [5.74, 6) is 0.843. The first-order valence-corrected chi connectivity index (χ1v) is 8.29. The van der Waals surface area contributed by atoms with Gasteiger partial charge < -0.3 is 0 Å². The van der Waals surface area contributed by atoms with Gasteiger partial charge in [0.25, 0.3) is 12.7 Å². The van der Waals surface area contributed by atoms with E-state index in [0.29, 0.717) is 0 Å². The number of hydrogen-bond donors (Lipinski definition) is 0. The van der Waals surface area contributed by atoms with Crippen LogP contribution < -0.4 is 9.13 Å². The molecule has 4 nitrogen and oxygen atoms in total. The van der Waals surface area contributed by atoms with Crippen molar-refractivity contribution in [2.45, 2.75) is 6.42 Å². The predicted octanol–water partition coefficient (Wildman–Crippen LogP) is 2.60. The first-order chi connectivity index (χ1) is 12.4. The molecule has 25 heavy (non-hydrogen) atoms. The minimum Gasteiger partial charge on any atom is -0.167 e. The molecule has 0 amide bonds. The molecule has 2 aromatic heterocycles. The Morgan fingerprint density at radius 2 is 1.60 bits per heavy atom. The maximum absolute atomic E-state index is 4.38. The largest absolute Gasteiger partial charge is 0.333 e. The van der Waals surface area contributed by atoms with Crippen LogP contribution in [0.4, 0.5) is 0 Å². The van der Waals surface area contributed by atoms with Crippen molar-refractivity contribution < 1.29 is 9.13 Å². The van der Waals surface area contributed by atoms with Crippen LogP contribution in [-0.2, 0) is 6.42 Å². The highest BCUT2D eigenvalue weighted by Gasteiger charge is 2.20. The third-order valence-electron chi connectivity index (χ3n) is 4.62. The summed E-state index contributed by atoms with van der Waals surface area (Å²) in [7, 11) is 0. The first-order valence-electron chi connectivity index (χ1n) is 8.29. The van der Waals surface area contributed by atoms with E-state index in [9.17, 15) is 0 Å². The maximum atomic E-state index is 4.38. The molecular formula is C21H16N4+2. The molecule has 0 saturated heterocycles. The van der Waals surface area contributed by atoms with Crippen LogP contribution in [-0.4, -0.2) is 9.97 Å². The zero-order valence-corrected chi connectivity index (χ0v) is 13.6. The van der Waals surface area contributed by atoms with Crippen LogP contribution in [0, 0.1) is 0 Å². The zero-order chi connectivity index (χ0) is 16.6. The summed E-state index contributed by atoms with van der Waals surface area (Å²) in [5.41, 5.74) is 6.52. The van der Waals surface area contributed by atoms with Gasteiger partial charge in [-0.25, -0.2) is 0 Å². The van der Waals surface area contributed by atoms with Crippen molar-refractivity contribution in [3.8, 4) is 22.6 Å². The van der Waals surface area contributed by atoms with Crippen molar-refractivity contribution in [2.24, 2.45) is 0 Å². The summed E-state index contributed by atoms with van der Waals surface area (Å²) in [4.78, 5) is 8.74. The average Bonchev–Trinajstić information content (AvgIpc) is 3.07. The average molecular weight is 324 g/mol. The molecule has 0 unspecified atom stereocenters. The van der Waals surface area contributed by atoms with Gasteiger partial charge >= 0.3 is 12.1 Å². The van der Waals surface area contributed by atoms with E-state index in [1.54, 1.807) is 12.5 Å². The normalized spacial score (nSPS) is 11.8. The second-order valence-electron chi connectivity index (χ2n) is 6.17. The van der Waals surface area contributed by atoms with Crippen LogP contribution >= 0.6 is 0 Å². The van der Waals surface area contributed by atoms with Gasteiger partial charge in [-0.05, 0) is 56.8 Å². The minimum atomic E-state index is 0.843. The summed E-state index contributed by atoms with van der Waals surface area (Å²) >= 11 is 0. The Bertz CT molecular complexity index is 1070. The molecule has 0 saturated carbocycles. The Hall–Kier alpha value is -3.40. The summed E-state index contributed by atoms with van der Waals surface area (Å²) in [6.45, 7) is 0. The monoisotopic (exact) mass is 324 g/mol. The Morgan fingerprint density at radius 3 is 2.52 bits per heavy atom. The fraction of sp³-hybridized carbons (Fsp3) is 0.0476. The quantitative estimate of drug-likeness (QED) is 0.468. The van der Waals surface area contributed by atoms with Crippen molar-refractivity contribution in [3.05, 3.63) is 97.0 Å². The molecule has 4 heteroatoms. The van der Waals surface area contributed by atoms with Gasteiger partial charge in [0.15, 0.2) is 0 Å². The van der Waals surface area contributed by atoms with Crippen molar-refractivity contribution in [1.29, 1.82) is 0 Å². The molecule has 2 aromatic carbocycles. The fourth-order valence-electron chi connectivity index (χ4n) is 3.40. The van der Waals surface area contributed by atoms with Gasteiger partial charge in [0.2, 0.25) is 0 Å². The lowest BCUT2D eigenvalue weighted by Crippen LogP contribution is -2.45. The lowest BCUT2D eigenvalue weighted by Gasteiger charge is -2.03. The standard InChI is InChI=1S/C21H16N4/c1-2-6-19-16(5-1)11-17-8-9-18(12-20(17)19)24-13-22-14-25(15-24)21-7-3-4-10-23-21/h1-10,12-15H,11H2/q+2. The molecular weight excluding hydrogens is 308 g/mol. The molecule has 0 fully saturated rings.